The molecule has 1 aromatic heterocycles. The molecular formula is C27H34FN3O. The van der Waals surface area contributed by atoms with Crippen LogP contribution in [0.1, 0.15) is 69.2 Å². The van der Waals surface area contributed by atoms with Gasteiger partial charge in [-0.05, 0) is 60.9 Å². The molecule has 0 amide bonds. The van der Waals surface area contributed by atoms with Crippen LogP contribution < -0.4 is 5.73 Å². The zero-order valence-corrected chi connectivity index (χ0v) is 19.7. The lowest BCUT2D eigenvalue weighted by Crippen LogP contribution is -2.39. The highest BCUT2D eigenvalue weighted by atomic mass is 19.1. The molecular weight excluding hydrogens is 401 g/mol. The number of nitrogens with two attached hydrogens (primary N) is 1. The lowest BCUT2D eigenvalue weighted by Gasteiger charge is -2.44. The van der Waals surface area contributed by atoms with Gasteiger partial charge in [-0.2, -0.15) is 0 Å². The number of ketones is 1. The minimum Gasteiger partial charge on any atom is -0.398 e. The van der Waals surface area contributed by atoms with Gasteiger partial charge in [0.2, 0.25) is 0 Å². The van der Waals surface area contributed by atoms with Crippen LogP contribution in [-0.4, -0.2) is 16.6 Å². The summed E-state index contributed by atoms with van der Waals surface area (Å²) < 4.78 is 14.2. The Morgan fingerprint density at radius 1 is 1.28 bits per heavy atom. The second-order valence-electron chi connectivity index (χ2n) is 9.08. The van der Waals surface area contributed by atoms with Gasteiger partial charge < -0.3 is 15.7 Å². The largest absolute Gasteiger partial charge is 0.398 e. The van der Waals surface area contributed by atoms with Gasteiger partial charge in [0.1, 0.15) is 11.6 Å². The Morgan fingerprint density at radius 3 is 2.41 bits per heavy atom. The number of nitrogen functional groups attached to an aromatic ring is 1. The summed E-state index contributed by atoms with van der Waals surface area (Å²) in [5, 5.41) is 8.79. The van der Waals surface area contributed by atoms with Gasteiger partial charge in [-0.25, -0.2) is 4.39 Å². The standard InChI is InChI=1S/C21H29N3O.C6H5F/c1-6-14-15(12(4)25)8-16(14)20-17-9-18(23)13(10-22)7-19(17)24(5)21(20)11(2)3;7-6-4-2-1-3-5-6/h7,9-11,14-16,22H,6,8,23H2,1-5H3;1-5H. The highest BCUT2D eigenvalue weighted by Crippen LogP contribution is 2.53. The van der Waals surface area contributed by atoms with Crippen LogP contribution in [0.2, 0.25) is 0 Å². The molecule has 32 heavy (non-hydrogen) atoms. The Kier molecular flexibility index (Phi) is 7.17. The summed E-state index contributed by atoms with van der Waals surface area (Å²) in [7, 11) is 2.10. The lowest BCUT2D eigenvalue weighted by atomic mass is 9.59. The van der Waals surface area contributed by atoms with E-state index >= 15 is 0 Å². The minimum absolute atomic E-state index is 0.178. The van der Waals surface area contributed by atoms with E-state index in [1.165, 1.54) is 35.0 Å². The molecule has 1 heterocycles. The summed E-state index contributed by atoms with van der Waals surface area (Å²) in [6, 6.07) is 12.0. The van der Waals surface area contributed by atoms with Crippen molar-refractivity contribution in [2.45, 2.75) is 52.4 Å². The number of anilines is 1. The van der Waals surface area contributed by atoms with E-state index < -0.39 is 0 Å². The topological polar surface area (TPSA) is 71.9 Å². The van der Waals surface area contributed by atoms with Crippen molar-refractivity contribution in [3.63, 3.8) is 0 Å². The number of fused-ring (bicyclic) bond motifs is 1. The first-order valence-corrected chi connectivity index (χ1v) is 11.3. The highest BCUT2D eigenvalue weighted by molar-refractivity contribution is 5.97. The average molecular weight is 436 g/mol. The normalized spacial score (nSPS) is 19.9. The van der Waals surface area contributed by atoms with E-state index in [1.807, 2.05) is 12.1 Å². The monoisotopic (exact) mass is 435 g/mol. The molecule has 0 saturated heterocycles. The van der Waals surface area contributed by atoms with Crippen LogP contribution in [0.3, 0.4) is 0 Å². The van der Waals surface area contributed by atoms with Crippen LogP contribution in [0.25, 0.3) is 10.9 Å². The SMILES string of the molecule is CCC1C(C(C)=O)CC1c1c(C(C)C)n(C)c2cc(C=N)c(N)cc12.Fc1ccccc1. The van der Waals surface area contributed by atoms with E-state index in [2.05, 4.69) is 32.4 Å². The molecule has 0 radical (unpaired) electrons. The molecule has 4 nitrogen and oxygen atoms in total. The molecule has 0 bridgehead atoms. The van der Waals surface area contributed by atoms with Gasteiger partial charge in [-0.15, -0.1) is 0 Å². The fourth-order valence-corrected chi connectivity index (χ4v) is 5.27. The van der Waals surface area contributed by atoms with Gasteiger partial charge in [-0.3, -0.25) is 4.79 Å². The van der Waals surface area contributed by atoms with Crippen LogP contribution >= 0.6 is 0 Å². The number of nitrogens with zero attached hydrogens (tertiary/aromatic N) is 1. The summed E-state index contributed by atoms with van der Waals surface area (Å²) in [5.41, 5.74) is 11.4. The molecule has 1 aliphatic rings. The van der Waals surface area contributed by atoms with Gasteiger partial charge in [-0.1, -0.05) is 45.4 Å². The minimum atomic E-state index is -0.178. The molecule has 0 aliphatic heterocycles. The molecule has 3 unspecified atom stereocenters. The third-order valence-electron chi connectivity index (χ3n) is 6.83. The quantitative estimate of drug-likeness (QED) is 0.358. The van der Waals surface area contributed by atoms with Crippen LogP contribution in [0.15, 0.2) is 42.5 Å². The fraction of sp³-hybridized carbons (Fsp3) is 0.407. The Balaban J connectivity index is 0.000000352. The third-order valence-corrected chi connectivity index (χ3v) is 6.83. The van der Waals surface area contributed by atoms with E-state index in [0.717, 1.165) is 23.9 Å². The number of aromatic nitrogens is 1. The molecule has 3 aromatic rings. The zero-order valence-electron chi connectivity index (χ0n) is 19.7. The molecule has 5 heteroatoms. The van der Waals surface area contributed by atoms with Crippen molar-refractivity contribution in [2.75, 3.05) is 5.73 Å². The molecule has 1 saturated carbocycles. The van der Waals surface area contributed by atoms with Gasteiger partial charge in [0.25, 0.3) is 0 Å². The third kappa shape index (κ3) is 4.34. The van der Waals surface area contributed by atoms with Gasteiger partial charge in [0, 0.05) is 47.0 Å². The van der Waals surface area contributed by atoms with Crippen LogP contribution in [0, 0.1) is 23.1 Å². The smallest absolute Gasteiger partial charge is 0.133 e. The molecule has 3 N–H and O–H groups in total. The first kappa shape index (κ1) is 23.7. The summed E-state index contributed by atoms with van der Waals surface area (Å²) in [4.78, 5) is 11.9. The lowest BCUT2D eigenvalue weighted by molar-refractivity contribution is -0.126. The maximum Gasteiger partial charge on any atom is 0.133 e. The Labute approximate surface area is 190 Å². The summed E-state index contributed by atoms with van der Waals surface area (Å²) in [6.45, 7) is 8.36. The van der Waals surface area contributed by atoms with Gasteiger partial charge >= 0.3 is 0 Å². The molecule has 4 rings (SSSR count). The Hall–Kier alpha value is -2.95. The maximum atomic E-state index is 11.9. The van der Waals surface area contributed by atoms with E-state index in [0.29, 0.717) is 29.2 Å². The van der Waals surface area contributed by atoms with E-state index in [9.17, 15) is 9.18 Å². The zero-order chi connectivity index (χ0) is 23.6. The fourth-order valence-electron chi connectivity index (χ4n) is 5.27. The highest BCUT2D eigenvalue weighted by Gasteiger charge is 2.45. The number of nitrogens with one attached hydrogen (secondary N) is 1. The number of Topliss-reactive ketones (excluding diaryl/α,β-unsaturated/α-hetero) is 1. The van der Waals surface area contributed by atoms with Crippen LogP contribution in [0.4, 0.5) is 10.1 Å². The van der Waals surface area contributed by atoms with Crippen molar-refractivity contribution in [1.82, 2.24) is 4.57 Å². The molecule has 3 atom stereocenters. The number of carbonyl (C=O) groups excluding carboxylic acids is 1. The predicted octanol–water partition coefficient (Wildman–Crippen LogP) is 6.43. The predicted molar refractivity (Wildman–Crippen MR) is 131 cm³/mol. The van der Waals surface area contributed by atoms with Crippen LogP contribution in [0.5, 0.6) is 0 Å². The second-order valence-corrected chi connectivity index (χ2v) is 9.08. The van der Waals surface area contributed by atoms with Crippen molar-refractivity contribution < 1.29 is 9.18 Å². The summed E-state index contributed by atoms with van der Waals surface area (Å²) in [6.07, 6.45) is 3.29. The number of benzene rings is 2. The molecule has 1 fully saturated rings. The number of rotatable bonds is 5. The summed E-state index contributed by atoms with van der Waals surface area (Å²) >= 11 is 0. The van der Waals surface area contributed by atoms with E-state index in [-0.39, 0.29) is 11.7 Å². The number of halogens is 1. The number of carbonyl (C=O) groups is 1. The number of aryl methyl sites for hydroxylation is 1. The van der Waals surface area contributed by atoms with Crippen LogP contribution in [-0.2, 0) is 11.8 Å². The van der Waals surface area contributed by atoms with E-state index in [4.69, 9.17) is 11.1 Å². The number of hydrogen-bond acceptors (Lipinski definition) is 3. The van der Waals surface area contributed by atoms with Gasteiger partial charge in [0.05, 0.1) is 0 Å². The maximum absolute atomic E-state index is 11.9. The van der Waals surface area contributed by atoms with Crippen molar-refractivity contribution >= 4 is 28.6 Å². The summed E-state index contributed by atoms with van der Waals surface area (Å²) in [5.74, 6) is 1.58. The van der Waals surface area contributed by atoms with Crippen molar-refractivity contribution in [2.24, 2.45) is 18.9 Å². The Morgan fingerprint density at radius 2 is 1.94 bits per heavy atom. The Bertz CT molecular complexity index is 1120. The average Bonchev–Trinajstić information content (AvgIpc) is 2.99. The van der Waals surface area contributed by atoms with Gasteiger partial charge in [0.15, 0.2) is 0 Å². The van der Waals surface area contributed by atoms with Crippen molar-refractivity contribution in [1.29, 1.82) is 5.41 Å². The second kappa shape index (κ2) is 9.68. The molecule has 0 spiro atoms. The first-order chi connectivity index (χ1) is 15.2. The van der Waals surface area contributed by atoms with E-state index in [1.54, 1.807) is 25.1 Å². The number of hydrogen-bond donors (Lipinski definition) is 2. The van der Waals surface area contributed by atoms with Crippen molar-refractivity contribution in [3.05, 3.63) is 65.1 Å². The molecule has 2 aromatic carbocycles. The van der Waals surface area contributed by atoms with Crippen molar-refractivity contribution in [3.8, 4) is 0 Å². The molecule has 170 valence electrons. The first-order valence-electron chi connectivity index (χ1n) is 11.3. The molecule has 1 aliphatic carbocycles.